The third-order valence-electron chi connectivity index (χ3n) is 2.42. The second kappa shape index (κ2) is 4.75. The molecule has 0 aromatic heterocycles. The molecule has 1 saturated carbocycles. The Morgan fingerprint density at radius 3 is 2.67 bits per heavy atom. The Bertz CT molecular complexity index is 153. The zero-order valence-corrected chi connectivity index (χ0v) is 8.44. The lowest BCUT2D eigenvalue weighted by Gasteiger charge is -2.11. The van der Waals surface area contributed by atoms with Gasteiger partial charge in [-0.2, -0.15) is 12.6 Å². The van der Waals surface area contributed by atoms with Gasteiger partial charge in [0.1, 0.15) is 0 Å². The lowest BCUT2D eigenvalue weighted by atomic mass is 10.1. The minimum Gasteiger partial charge on any atom is -0.355 e. The van der Waals surface area contributed by atoms with Crippen LogP contribution in [-0.2, 0) is 4.79 Å². The van der Waals surface area contributed by atoms with Crippen molar-refractivity contribution >= 4 is 18.5 Å². The van der Waals surface area contributed by atoms with Gasteiger partial charge in [-0.3, -0.25) is 4.79 Å². The van der Waals surface area contributed by atoms with Gasteiger partial charge in [-0.25, -0.2) is 0 Å². The fraction of sp³-hybridized carbons (Fsp3) is 0.889. The Kier molecular flexibility index (Phi) is 3.92. The topological polar surface area (TPSA) is 29.1 Å². The van der Waals surface area contributed by atoms with E-state index in [9.17, 15) is 4.79 Å². The van der Waals surface area contributed by atoms with Crippen molar-refractivity contribution in [2.24, 2.45) is 5.92 Å². The summed E-state index contributed by atoms with van der Waals surface area (Å²) in [7, 11) is 0. The highest BCUT2D eigenvalue weighted by atomic mass is 32.1. The molecule has 0 bridgehead atoms. The molecule has 3 heteroatoms. The number of hydrogen-bond donors (Lipinski definition) is 2. The minimum absolute atomic E-state index is 0.0604. The molecule has 0 spiro atoms. The van der Waals surface area contributed by atoms with E-state index in [1.165, 1.54) is 25.7 Å². The Morgan fingerprint density at radius 2 is 2.17 bits per heavy atom. The quantitative estimate of drug-likeness (QED) is 0.646. The minimum atomic E-state index is -0.175. The number of carbonyl (C=O) groups is 1. The number of hydrogen-bond acceptors (Lipinski definition) is 2. The number of rotatable bonds is 3. The molecule has 0 saturated heterocycles. The first-order valence-corrected chi connectivity index (χ1v) is 5.17. The molecule has 0 aliphatic heterocycles. The summed E-state index contributed by atoms with van der Waals surface area (Å²) in [5.41, 5.74) is 0. The van der Waals surface area contributed by atoms with E-state index in [0.717, 1.165) is 12.5 Å². The van der Waals surface area contributed by atoms with Gasteiger partial charge in [-0.15, -0.1) is 0 Å². The van der Waals surface area contributed by atoms with Crippen molar-refractivity contribution in [2.45, 2.75) is 37.9 Å². The zero-order chi connectivity index (χ0) is 8.97. The third-order valence-corrected chi connectivity index (χ3v) is 2.65. The van der Waals surface area contributed by atoms with Gasteiger partial charge in [-0.1, -0.05) is 12.8 Å². The van der Waals surface area contributed by atoms with Gasteiger partial charge in [0.25, 0.3) is 0 Å². The first-order chi connectivity index (χ1) is 5.70. The van der Waals surface area contributed by atoms with E-state index in [2.05, 4.69) is 17.9 Å². The Hall–Kier alpha value is -0.180. The van der Waals surface area contributed by atoms with Crippen LogP contribution in [0.1, 0.15) is 32.6 Å². The summed E-state index contributed by atoms with van der Waals surface area (Å²) in [4.78, 5) is 11.1. The van der Waals surface area contributed by atoms with Crippen LogP contribution in [0.15, 0.2) is 0 Å². The number of carbonyl (C=O) groups excluding carboxylic acids is 1. The summed E-state index contributed by atoms with van der Waals surface area (Å²) >= 11 is 4.06. The largest absolute Gasteiger partial charge is 0.355 e. The number of thiol groups is 1. The summed E-state index contributed by atoms with van der Waals surface area (Å²) in [6.07, 6.45) is 5.22. The van der Waals surface area contributed by atoms with Crippen molar-refractivity contribution in [3.05, 3.63) is 0 Å². The molecule has 1 unspecified atom stereocenters. The summed E-state index contributed by atoms with van der Waals surface area (Å²) in [5.74, 6) is 0.784. The number of nitrogens with one attached hydrogen (secondary N) is 1. The van der Waals surface area contributed by atoms with Crippen LogP contribution < -0.4 is 5.32 Å². The number of amides is 1. The average molecular weight is 187 g/mol. The van der Waals surface area contributed by atoms with Gasteiger partial charge in [0, 0.05) is 6.54 Å². The van der Waals surface area contributed by atoms with Crippen LogP contribution in [0.2, 0.25) is 0 Å². The first-order valence-electron chi connectivity index (χ1n) is 4.66. The normalized spacial score (nSPS) is 20.8. The summed E-state index contributed by atoms with van der Waals surface area (Å²) in [5, 5.41) is 2.73. The molecule has 1 amide bonds. The molecular formula is C9H17NOS. The predicted molar refractivity (Wildman–Crippen MR) is 53.4 cm³/mol. The molecule has 2 nitrogen and oxygen atoms in total. The van der Waals surface area contributed by atoms with E-state index in [1.807, 2.05) is 0 Å². The third kappa shape index (κ3) is 3.05. The maximum atomic E-state index is 11.1. The molecule has 1 aliphatic carbocycles. The van der Waals surface area contributed by atoms with E-state index in [1.54, 1.807) is 6.92 Å². The van der Waals surface area contributed by atoms with Gasteiger partial charge >= 0.3 is 0 Å². The molecule has 0 radical (unpaired) electrons. The van der Waals surface area contributed by atoms with Crippen molar-refractivity contribution in [1.82, 2.24) is 5.32 Å². The van der Waals surface area contributed by atoms with Gasteiger partial charge in [0.05, 0.1) is 5.25 Å². The van der Waals surface area contributed by atoms with Crippen LogP contribution in [0.4, 0.5) is 0 Å². The lowest BCUT2D eigenvalue weighted by Crippen LogP contribution is -2.33. The fourth-order valence-corrected chi connectivity index (χ4v) is 1.70. The highest BCUT2D eigenvalue weighted by Gasteiger charge is 2.16. The zero-order valence-electron chi connectivity index (χ0n) is 7.55. The Labute approximate surface area is 79.5 Å². The van der Waals surface area contributed by atoms with E-state index in [0.29, 0.717) is 0 Å². The molecule has 1 aliphatic rings. The van der Waals surface area contributed by atoms with E-state index in [4.69, 9.17) is 0 Å². The Balaban J connectivity index is 2.12. The van der Waals surface area contributed by atoms with Gasteiger partial charge in [0.2, 0.25) is 5.91 Å². The molecule has 1 N–H and O–H groups in total. The van der Waals surface area contributed by atoms with Crippen LogP contribution in [-0.4, -0.2) is 17.7 Å². The maximum absolute atomic E-state index is 11.1. The van der Waals surface area contributed by atoms with Crippen molar-refractivity contribution < 1.29 is 4.79 Å². The second-order valence-corrected chi connectivity index (χ2v) is 4.35. The summed E-state index contributed by atoms with van der Waals surface area (Å²) < 4.78 is 0. The van der Waals surface area contributed by atoms with E-state index >= 15 is 0 Å². The highest BCUT2D eigenvalue weighted by Crippen LogP contribution is 2.23. The summed E-state index contributed by atoms with van der Waals surface area (Å²) in [6.45, 7) is 2.65. The van der Waals surface area contributed by atoms with Crippen LogP contribution >= 0.6 is 12.6 Å². The Morgan fingerprint density at radius 1 is 1.58 bits per heavy atom. The molecule has 1 fully saturated rings. The van der Waals surface area contributed by atoms with Crippen molar-refractivity contribution in [3.8, 4) is 0 Å². The van der Waals surface area contributed by atoms with Gasteiger partial charge in [0.15, 0.2) is 0 Å². The van der Waals surface area contributed by atoms with Gasteiger partial charge in [-0.05, 0) is 25.7 Å². The maximum Gasteiger partial charge on any atom is 0.232 e. The molecule has 12 heavy (non-hydrogen) atoms. The standard InChI is InChI=1S/C9H17NOS/c1-7(12)9(11)10-6-8-4-2-3-5-8/h7-8,12H,2-6H2,1H3,(H,10,11). The molecule has 0 heterocycles. The molecule has 1 atom stereocenters. The monoisotopic (exact) mass is 187 g/mol. The highest BCUT2D eigenvalue weighted by molar-refractivity contribution is 7.81. The predicted octanol–water partition coefficient (Wildman–Crippen LogP) is 1.61. The van der Waals surface area contributed by atoms with Crippen molar-refractivity contribution in [2.75, 3.05) is 6.54 Å². The van der Waals surface area contributed by atoms with Crippen molar-refractivity contribution in [1.29, 1.82) is 0 Å². The average Bonchev–Trinajstić information content (AvgIpc) is 2.51. The second-order valence-electron chi connectivity index (χ2n) is 3.57. The SMILES string of the molecule is CC(S)C(=O)NCC1CCCC1. The van der Waals surface area contributed by atoms with Crippen LogP contribution in [0.5, 0.6) is 0 Å². The smallest absolute Gasteiger partial charge is 0.232 e. The van der Waals surface area contributed by atoms with Gasteiger partial charge < -0.3 is 5.32 Å². The van der Waals surface area contributed by atoms with Crippen LogP contribution in [0.25, 0.3) is 0 Å². The van der Waals surface area contributed by atoms with Crippen molar-refractivity contribution in [3.63, 3.8) is 0 Å². The fourth-order valence-electron chi connectivity index (χ4n) is 1.61. The molecule has 0 aromatic rings. The van der Waals surface area contributed by atoms with Crippen LogP contribution in [0, 0.1) is 5.92 Å². The lowest BCUT2D eigenvalue weighted by molar-refractivity contribution is -0.120. The molecule has 1 rings (SSSR count). The van der Waals surface area contributed by atoms with E-state index < -0.39 is 0 Å². The molecule has 70 valence electrons. The molecular weight excluding hydrogens is 170 g/mol. The first kappa shape index (κ1) is 9.90. The van der Waals surface area contributed by atoms with Crippen LogP contribution in [0.3, 0.4) is 0 Å². The van der Waals surface area contributed by atoms with E-state index in [-0.39, 0.29) is 11.2 Å². The molecule has 0 aromatic carbocycles. The summed E-state index contributed by atoms with van der Waals surface area (Å²) in [6, 6.07) is 0.